The largest absolute Gasteiger partial charge is 0.494 e. The van der Waals surface area contributed by atoms with Gasteiger partial charge in [0.15, 0.2) is 0 Å². The van der Waals surface area contributed by atoms with Crippen molar-refractivity contribution >= 4 is 0 Å². The van der Waals surface area contributed by atoms with E-state index in [1.165, 1.54) is 77.0 Å². The highest BCUT2D eigenvalue weighted by Crippen LogP contribution is 2.34. The van der Waals surface area contributed by atoms with Gasteiger partial charge in [-0.05, 0) is 113 Å². The molecular formula is C42H68N2O4. The van der Waals surface area contributed by atoms with Gasteiger partial charge in [0.2, 0.25) is 0 Å². The van der Waals surface area contributed by atoms with E-state index in [0.717, 1.165) is 101 Å². The quantitative estimate of drug-likeness (QED) is 0.130. The molecule has 2 aliphatic heterocycles. The molecule has 6 nitrogen and oxygen atoms in total. The van der Waals surface area contributed by atoms with E-state index in [0.29, 0.717) is 0 Å². The highest BCUT2D eigenvalue weighted by molar-refractivity contribution is 5.30. The fourth-order valence-electron chi connectivity index (χ4n) is 7.58. The van der Waals surface area contributed by atoms with E-state index < -0.39 is 12.2 Å². The molecule has 0 amide bonds. The third-order valence-corrected chi connectivity index (χ3v) is 10.7. The van der Waals surface area contributed by atoms with Gasteiger partial charge in [-0.15, -0.1) is 0 Å². The molecule has 48 heavy (non-hydrogen) atoms. The van der Waals surface area contributed by atoms with Crippen LogP contribution in [0.5, 0.6) is 11.5 Å². The van der Waals surface area contributed by atoms with Crippen LogP contribution >= 0.6 is 0 Å². The van der Waals surface area contributed by atoms with Gasteiger partial charge < -0.3 is 29.5 Å². The maximum absolute atomic E-state index is 11.9. The van der Waals surface area contributed by atoms with E-state index in [4.69, 9.17) is 9.47 Å². The van der Waals surface area contributed by atoms with Crippen molar-refractivity contribution < 1.29 is 19.7 Å². The summed E-state index contributed by atoms with van der Waals surface area (Å²) < 4.78 is 11.9. The van der Waals surface area contributed by atoms with Gasteiger partial charge >= 0.3 is 0 Å². The number of hydrogen-bond acceptors (Lipinski definition) is 6. The molecule has 6 heteroatoms. The Balaban J connectivity index is 1.47. The summed E-state index contributed by atoms with van der Waals surface area (Å²) in [5, 5.41) is 23.9. The van der Waals surface area contributed by atoms with Crippen molar-refractivity contribution in [2.75, 3.05) is 52.5 Å². The fraction of sp³-hybridized carbons (Fsp3) is 0.714. The molecule has 2 fully saturated rings. The van der Waals surface area contributed by atoms with Crippen molar-refractivity contribution in [1.29, 1.82) is 0 Å². The lowest BCUT2D eigenvalue weighted by Gasteiger charge is -2.34. The van der Waals surface area contributed by atoms with Crippen LogP contribution < -0.4 is 9.47 Å². The molecule has 2 aromatic carbocycles. The highest BCUT2D eigenvalue weighted by Gasteiger charge is 2.29. The van der Waals surface area contributed by atoms with Crippen molar-refractivity contribution in [2.24, 2.45) is 11.8 Å². The smallest absolute Gasteiger partial charge is 0.119 e. The number of nitrogens with zero attached hydrogens (tertiary/aromatic N) is 2. The van der Waals surface area contributed by atoms with E-state index >= 15 is 0 Å². The first kappa shape index (κ1) is 38.7. The van der Waals surface area contributed by atoms with Gasteiger partial charge in [0.05, 0.1) is 25.4 Å². The van der Waals surface area contributed by atoms with Crippen LogP contribution in [0.2, 0.25) is 0 Å². The minimum absolute atomic E-state index is 0.0946. The van der Waals surface area contributed by atoms with Crippen LogP contribution in [-0.4, -0.2) is 72.5 Å². The number of rotatable bonds is 21. The Morgan fingerprint density at radius 2 is 0.875 bits per heavy atom. The first-order chi connectivity index (χ1) is 23.6. The predicted molar refractivity (Wildman–Crippen MR) is 199 cm³/mol. The molecule has 4 atom stereocenters. The number of benzene rings is 2. The van der Waals surface area contributed by atoms with Crippen molar-refractivity contribution in [2.45, 2.75) is 129 Å². The van der Waals surface area contributed by atoms with Crippen molar-refractivity contribution in [1.82, 2.24) is 9.80 Å². The Morgan fingerprint density at radius 3 is 1.21 bits per heavy atom. The van der Waals surface area contributed by atoms with Gasteiger partial charge in [0.1, 0.15) is 11.5 Å². The minimum atomic E-state index is -0.553. The van der Waals surface area contributed by atoms with Crippen molar-refractivity contribution in [3.63, 3.8) is 0 Å². The van der Waals surface area contributed by atoms with Gasteiger partial charge in [-0.2, -0.15) is 0 Å². The van der Waals surface area contributed by atoms with Crippen LogP contribution in [0.15, 0.2) is 48.5 Å². The van der Waals surface area contributed by atoms with E-state index in [9.17, 15) is 10.2 Å². The van der Waals surface area contributed by atoms with Gasteiger partial charge in [-0.25, -0.2) is 0 Å². The van der Waals surface area contributed by atoms with E-state index in [1.54, 1.807) is 0 Å². The van der Waals surface area contributed by atoms with E-state index in [2.05, 4.69) is 47.9 Å². The normalized spacial score (nSPS) is 19.2. The van der Waals surface area contributed by atoms with Crippen LogP contribution in [0, 0.1) is 11.8 Å². The van der Waals surface area contributed by atoms with Gasteiger partial charge in [0.25, 0.3) is 0 Å². The Kier molecular flexibility index (Phi) is 18.2. The maximum Gasteiger partial charge on any atom is 0.119 e. The number of ether oxygens (including phenoxy) is 2. The summed E-state index contributed by atoms with van der Waals surface area (Å²) in [4.78, 5) is 5.18. The Bertz CT molecular complexity index is 990. The topological polar surface area (TPSA) is 65.4 Å². The number of likely N-dealkylation sites (tertiary alicyclic amines) is 2. The molecule has 2 heterocycles. The van der Waals surface area contributed by atoms with Gasteiger partial charge in [-0.3, -0.25) is 0 Å². The first-order valence-electron chi connectivity index (χ1n) is 19.8. The SMILES string of the molecule is CCCCCOc1ccc([C@@H](O)[C@@H](CC[C@@H](CN2CCCCCC2)[C@H](O)c2ccc(OCCCCC)cc2)CN2CCCCCC2)cc1. The van der Waals surface area contributed by atoms with Gasteiger partial charge in [0, 0.05) is 24.9 Å². The van der Waals surface area contributed by atoms with E-state index in [1.807, 2.05) is 24.3 Å². The van der Waals surface area contributed by atoms with Crippen LogP contribution in [-0.2, 0) is 0 Å². The zero-order valence-corrected chi connectivity index (χ0v) is 30.5. The third kappa shape index (κ3) is 13.7. The molecule has 2 saturated heterocycles. The molecule has 0 unspecified atom stereocenters. The molecule has 0 spiro atoms. The second kappa shape index (κ2) is 22.6. The van der Waals surface area contributed by atoms with Crippen LogP contribution in [0.4, 0.5) is 0 Å². The summed E-state index contributed by atoms with van der Waals surface area (Å²) in [6.45, 7) is 12.1. The molecule has 0 bridgehead atoms. The summed E-state index contributed by atoms with van der Waals surface area (Å²) in [6.07, 6.45) is 17.7. The summed E-state index contributed by atoms with van der Waals surface area (Å²) in [6, 6.07) is 16.3. The van der Waals surface area contributed by atoms with Crippen LogP contribution in [0.25, 0.3) is 0 Å². The van der Waals surface area contributed by atoms with Crippen molar-refractivity contribution in [3.8, 4) is 11.5 Å². The number of aliphatic hydroxyl groups excluding tert-OH is 2. The fourth-order valence-corrected chi connectivity index (χ4v) is 7.58. The monoisotopic (exact) mass is 665 g/mol. The average Bonchev–Trinajstić information content (AvgIpc) is 3.55. The Hall–Kier alpha value is -2.12. The molecule has 2 N–H and O–H groups in total. The maximum atomic E-state index is 11.9. The molecule has 0 aliphatic carbocycles. The Labute approximate surface area is 293 Å². The molecule has 270 valence electrons. The van der Waals surface area contributed by atoms with Gasteiger partial charge in [-0.1, -0.05) is 89.5 Å². The second-order valence-electron chi connectivity index (χ2n) is 14.7. The lowest BCUT2D eigenvalue weighted by molar-refractivity contribution is 0.0449. The number of unbranched alkanes of at least 4 members (excludes halogenated alkanes) is 4. The number of aliphatic hydroxyl groups is 2. The third-order valence-electron chi connectivity index (χ3n) is 10.7. The second-order valence-corrected chi connectivity index (χ2v) is 14.7. The summed E-state index contributed by atoms with van der Waals surface area (Å²) in [5.74, 6) is 1.95. The summed E-state index contributed by atoms with van der Waals surface area (Å²) >= 11 is 0. The molecule has 4 rings (SSSR count). The molecule has 2 aromatic rings. The molecule has 0 aromatic heterocycles. The standard InChI is InChI=1S/C42H68N2O4/c1-3-5-15-31-47-39-23-19-35(20-24-39)41(45)37(33-43-27-11-7-8-12-28-43)17-18-38(34-44-29-13-9-10-14-30-44)42(46)36-21-25-40(26-22-36)48-32-16-6-4-2/h19-26,37-38,41-42,45-46H,3-18,27-34H2,1-2H3/t37-,38-,41+,42+/m0/s1. The molecule has 0 radical (unpaired) electrons. The van der Waals surface area contributed by atoms with Crippen LogP contribution in [0.1, 0.15) is 140 Å². The lowest BCUT2D eigenvalue weighted by atomic mass is 9.84. The van der Waals surface area contributed by atoms with Crippen molar-refractivity contribution in [3.05, 3.63) is 59.7 Å². The zero-order valence-electron chi connectivity index (χ0n) is 30.5. The first-order valence-corrected chi connectivity index (χ1v) is 19.8. The lowest BCUT2D eigenvalue weighted by Crippen LogP contribution is -2.36. The zero-order chi connectivity index (χ0) is 33.8. The minimum Gasteiger partial charge on any atom is -0.494 e. The number of hydrogen-bond donors (Lipinski definition) is 2. The predicted octanol–water partition coefficient (Wildman–Crippen LogP) is 9.36. The molecule has 2 aliphatic rings. The average molecular weight is 665 g/mol. The highest BCUT2D eigenvalue weighted by atomic mass is 16.5. The molecular weight excluding hydrogens is 596 g/mol. The summed E-state index contributed by atoms with van der Waals surface area (Å²) in [5.41, 5.74) is 1.93. The Morgan fingerprint density at radius 1 is 0.521 bits per heavy atom. The summed E-state index contributed by atoms with van der Waals surface area (Å²) in [7, 11) is 0. The van der Waals surface area contributed by atoms with Crippen LogP contribution in [0.3, 0.4) is 0 Å². The van der Waals surface area contributed by atoms with E-state index in [-0.39, 0.29) is 11.8 Å². The molecule has 0 saturated carbocycles.